The van der Waals surface area contributed by atoms with Gasteiger partial charge < -0.3 is 10.0 Å². The molecule has 1 aliphatic rings. The fraction of sp³-hybridized carbons (Fsp3) is 0.364. The number of rotatable bonds is 6. The van der Waals surface area contributed by atoms with Crippen LogP contribution < -0.4 is 4.90 Å². The van der Waals surface area contributed by atoms with Crippen molar-refractivity contribution in [2.75, 3.05) is 24.5 Å². The monoisotopic (exact) mass is 429 g/mol. The molecule has 0 saturated carbocycles. The highest BCUT2D eigenvalue weighted by Crippen LogP contribution is 2.32. The van der Waals surface area contributed by atoms with Crippen molar-refractivity contribution in [2.24, 2.45) is 0 Å². The van der Waals surface area contributed by atoms with Gasteiger partial charge in [0.2, 0.25) is 0 Å². The second kappa shape index (κ2) is 8.69. The number of hydrogen-bond donors (Lipinski definition) is 1. The maximum Gasteiger partial charge on any atom is 0.307 e. The molecule has 0 amide bonds. The van der Waals surface area contributed by atoms with E-state index in [2.05, 4.69) is 22.8 Å². The van der Waals surface area contributed by atoms with Gasteiger partial charge in [-0.15, -0.1) is 0 Å². The standard InChI is InChI=1S/C22H24ClN3O2S/c1-2-18-14-26(22-24-19-7-6-17(23)12-20(19)29-22)9-8-25(18)13-16-5-3-4-15(10-16)11-21(27)28/h3-7,10,12,18H,2,8-9,11,13-14H2,1H3,(H,27,28). The van der Waals surface area contributed by atoms with E-state index < -0.39 is 5.97 Å². The van der Waals surface area contributed by atoms with Gasteiger partial charge in [0.25, 0.3) is 0 Å². The third kappa shape index (κ3) is 4.71. The Kier molecular flexibility index (Phi) is 6.04. The number of piperazine rings is 1. The molecule has 1 aliphatic heterocycles. The molecular formula is C22H24ClN3O2S. The number of halogens is 1. The van der Waals surface area contributed by atoms with Gasteiger partial charge in [0.05, 0.1) is 16.6 Å². The van der Waals surface area contributed by atoms with Crippen LogP contribution in [0, 0.1) is 0 Å². The van der Waals surface area contributed by atoms with Gasteiger partial charge in [-0.3, -0.25) is 9.69 Å². The molecule has 0 bridgehead atoms. The molecule has 4 rings (SSSR count). The molecule has 0 aliphatic carbocycles. The van der Waals surface area contributed by atoms with E-state index in [0.717, 1.165) is 58.5 Å². The first kappa shape index (κ1) is 20.1. The normalized spacial score (nSPS) is 17.7. The Morgan fingerprint density at radius 1 is 1.24 bits per heavy atom. The van der Waals surface area contributed by atoms with Gasteiger partial charge in [0.1, 0.15) is 0 Å². The number of benzene rings is 2. The van der Waals surface area contributed by atoms with Crippen LogP contribution in [0.5, 0.6) is 0 Å². The Hall–Kier alpha value is -2.15. The molecule has 0 radical (unpaired) electrons. The summed E-state index contributed by atoms with van der Waals surface area (Å²) in [6, 6.07) is 14.2. The van der Waals surface area contributed by atoms with Crippen LogP contribution in [0.25, 0.3) is 10.2 Å². The highest BCUT2D eigenvalue weighted by atomic mass is 35.5. The van der Waals surface area contributed by atoms with Gasteiger partial charge in [0, 0.05) is 37.2 Å². The Bertz CT molecular complexity index is 1020. The zero-order valence-corrected chi connectivity index (χ0v) is 17.9. The Morgan fingerprint density at radius 3 is 2.86 bits per heavy atom. The van der Waals surface area contributed by atoms with Gasteiger partial charge in [-0.2, -0.15) is 0 Å². The molecule has 29 heavy (non-hydrogen) atoms. The lowest BCUT2D eigenvalue weighted by atomic mass is 10.0. The van der Waals surface area contributed by atoms with E-state index in [1.807, 2.05) is 36.4 Å². The van der Waals surface area contributed by atoms with Crippen molar-refractivity contribution < 1.29 is 9.90 Å². The summed E-state index contributed by atoms with van der Waals surface area (Å²) in [5.41, 5.74) is 3.03. The lowest BCUT2D eigenvalue weighted by Gasteiger charge is -2.41. The molecule has 1 atom stereocenters. The molecule has 1 aromatic heterocycles. The molecule has 0 spiro atoms. The zero-order valence-electron chi connectivity index (χ0n) is 16.3. The fourth-order valence-electron chi connectivity index (χ4n) is 3.93. The summed E-state index contributed by atoms with van der Waals surface area (Å²) in [6.07, 6.45) is 1.13. The molecule has 7 heteroatoms. The van der Waals surface area contributed by atoms with Crippen molar-refractivity contribution in [1.29, 1.82) is 0 Å². The minimum absolute atomic E-state index is 0.0699. The zero-order chi connectivity index (χ0) is 20.4. The quantitative estimate of drug-likeness (QED) is 0.616. The van der Waals surface area contributed by atoms with Crippen LogP contribution in [0.3, 0.4) is 0 Å². The predicted octanol–water partition coefficient (Wildman–Crippen LogP) is 4.68. The van der Waals surface area contributed by atoms with Crippen LogP contribution in [0.15, 0.2) is 42.5 Å². The minimum Gasteiger partial charge on any atom is -0.481 e. The van der Waals surface area contributed by atoms with E-state index in [9.17, 15) is 4.79 Å². The smallest absolute Gasteiger partial charge is 0.307 e. The van der Waals surface area contributed by atoms with Gasteiger partial charge in [-0.05, 0) is 35.7 Å². The molecular weight excluding hydrogens is 406 g/mol. The van der Waals surface area contributed by atoms with Crippen molar-refractivity contribution in [3.8, 4) is 0 Å². The number of hydrogen-bond acceptors (Lipinski definition) is 5. The number of carbonyl (C=O) groups is 1. The number of aliphatic carboxylic acids is 1. The first-order chi connectivity index (χ1) is 14.0. The number of carboxylic acid groups (broad SMARTS) is 1. The van der Waals surface area contributed by atoms with E-state index in [0.29, 0.717) is 6.04 Å². The van der Waals surface area contributed by atoms with Crippen molar-refractivity contribution in [3.05, 3.63) is 58.6 Å². The largest absolute Gasteiger partial charge is 0.481 e. The highest BCUT2D eigenvalue weighted by Gasteiger charge is 2.27. The van der Waals surface area contributed by atoms with Crippen LogP contribution >= 0.6 is 22.9 Å². The number of aromatic nitrogens is 1. The van der Waals surface area contributed by atoms with Crippen LogP contribution in [0.2, 0.25) is 5.02 Å². The lowest BCUT2D eigenvalue weighted by Crippen LogP contribution is -2.52. The molecule has 152 valence electrons. The van der Waals surface area contributed by atoms with E-state index in [1.165, 1.54) is 5.56 Å². The summed E-state index contributed by atoms with van der Waals surface area (Å²) in [6.45, 7) is 5.89. The second-order valence-electron chi connectivity index (χ2n) is 7.48. The number of anilines is 1. The lowest BCUT2D eigenvalue weighted by molar-refractivity contribution is -0.136. The summed E-state index contributed by atoms with van der Waals surface area (Å²) < 4.78 is 1.12. The number of fused-ring (bicyclic) bond motifs is 1. The van der Waals surface area contributed by atoms with E-state index in [1.54, 1.807) is 11.3 Å². The predicted molar refractivity (Wildman–Crippen MR) is 119 cm³/mol. The molecule has 1 N–H and O–H groups in total. The van der Waals surface area contributed by atoms with Crippen LogP contribution in [0.4, 0.5) is 5.13 Å². The number of thiazole rings is 1. The Morgan fingerprint density at radius 2 is 2.07 bits per heavy atom. The maximum atomic E-state index is 11.0. The second-order valence-corrected chi connectivity index (χ2v) is 8.92. The third-order valence-corrected chi connectivity index (χ3v) is 6.73. The van der Waals surface area contributed by atoms with E-state index in [-0.39, 0.29) is 6.42 Å². The highest BCUT2D eigenvalue weighted by molar-refractivity contribution is 7.22. The van der Waals surface area contributed by atoms with Crippen LogP contribution in [-0.4, -0.2) is 46.6 Å². The average molecular weight is 430 g/mol. The molecule has 2 aromatic carbocycles. The van der Waals surface area contributed by atoms with Crippen LogP contribution in [0.1, 0.15) is 24.5 Å². The van der Waals surface area contributed by atoms with Crippen molar-refractivity contribution in [2.45, 2.75) is 32.4 Å². The minimum atomic E-state index is -0.792. The molecule has 5 nitrogen and oxygen atoms in total. The van der Waals surface area contributed by atoms with Crippen LogP contribution in [-0.2, 0) is 17.8 Å². The van der Waals surface area contributed by atoms with Crippen molar-refractivity contribution in [3.63, 3.8) is 0 Å². The molecule has 3 aromatic rings. The first-order valence-corrected chi connectivity index (χ1v) is 11.1. The molecule has 1 unspecified atom stereocenters. The fourth-order valence-corrected chi connectivity index (χ4v) is 5.21. The summed E-state index contributed by atoms with van der Waals surface area (Å²) >= 11 is 7.82. The SMILES string of the molecule is CCC1CN(c2nc3ccc(Cl)cc3s2)CCN1Cc1cccc(CC(=O)O)c1. The summed E-state index contributed by atoms with van der Waals surface area (Å²) in [4.78, 5) is 20.7. The Labute approximate surface area is 179 Å². The van der Waals surface area contributed by atoms with Crippen molar-refractivity contribution >= 4 is 44.3 Å². The van der Waals surface area contributed by atoms with Gasteiger partial charge >= 0.3 is 5.97 Å². The average Bonchev–Trinajstić information content (AvgIpc) is 3.11. The number of nitrogens with zero attached hydrogens (tertiary/aromatic N) is 3. The van der Waals surface area contributed by atoms with Gasteiger partial charge in [0.15, 0.2) is 5.13 Å². The molecule has 1 fully saturated rings. The van der Waals surface area contributed by atoms with Gasteiger partial charge in [-0.25, -0.2) is 4.98 Å². The molecule has 1 saturated heterocycles. The first-order valence-electron chi connectivity index (χ1n) is 9.86. The van der Waals surface area contributed by atoms with Gasteiger partial charge in [-0.1, -0.05) is 54.1 Å². The van der Waals surface area contributed by atoms with Crippen molar-refractivity contribution in [1.82, 2.24) is 9.88 Å². The molecule has 2 heterocycles. The summed E-state index contributed by atoms with van der Waals surface area (Å²) in [5, 5.41) is 10.8. The van der Waals surface area contributed by atoms with E-state index in [4.69, 9.17) is 21.7 Å². The maximum absolute atomic E-state index is 11.0. The topological polar surface area (TPSA) is 56.7 Å². The Balaban J connectivity index is 1.46. The summed E-state index contributed by atoms with van der Waals surface area (Å²) in [7, 11) is 0. The summed E-state index contributed by atoms with van der Waals surface area (Å²) in [5.74, 6) is -0.792. The number of carboxylic acids is 1. The van der Waals surface area contributed by atoms with E-state index >= 15 is 0 Å². The third-order valence-electron chi connectivity index (χ3n) is 5.42.